The van der Waals surface area contributed by atoms with Gasteiger partial charge in [0.2, 0.25) is 5.91 Å². The van der Waals surface area contributed by atoms with Crippen LogP contribution in [0.25, 0.3) is 0 Å². The highest BCUT2D eigenvalue weighted by Gasteiger charge is 2.23. The maximum atomic E-state index is 12.0. The Hall–Kier alpha value is -2.05. The molecule has 7 nitrogen and oxygen atoms in total. The first kappa shape index (κ1) is 14.4. The van der Waals surface area contributed by atoms with Gasteiger partial charge in [0.15, 0.2) is 0 Å². The first-order valence-corrected chi connectivity index (χ1v) is 6.89. The zero-order valence-corrected chi connectivity index (χ0v) is 11.4. The molecule has 0 saturated carbocycles. The van der Waals surface area contributed by atoms with Crippen LogP contribution in [0.4, 0.5) is 4.79 Å². The van der Waals surface area contributed by atoms with Crippen LogP contribution in [0.3, 0.4) is 0 Å². The summed E-state index contributed by atoms with van der Waals surface area (Å²) >= 11 is 0. The van der Waals surface area contributed by atoms with Gasteiger partial charge in [-0.1, -0.05) is 0 Å². The Bertz CT molecular complexity index is 438. The quantitative estimate of drug-likeness (QED) is 0.786. The van der Waals surface area contributed by atoms with Crippen LogP contribution in [0.2, 0.25) is 0 Å². The van der Waals surface area contributed by atoms with Crippen molar-refractivity contribution >= 4 is 12.0 Å². The summed E-state index contributed by atoms with van der Waals surface area (Å²) < 4.78 is 0. The van der Waals surface area contributed by atoms with Crippen LogP contribution in [-0.2, 0) is 11.2 Å². The molecule has 20 heavy (non-hydrogen) atoms. The summed E-state index contributed by atoms with van der Waals surface area (Å²) in [5.41, 5.74) is 1.09. The summed E-state index contributed by atoms with van der Waals surface area (Å²) in [6.07, 6.45) is 5.77. The normalized spacial score (nSPS) is 15.4. The Balaban J connectivity index is 1.62. The average Bonchev–Trinajstić information content (AvgIpc) is 2.96. The summed E-state index contributed by atoms with van der Waals surface area (Å²) in [5, 5.41) is 8.84. The first-order valence-electron chi connectivity index (χ1n) is 6.89. The average molecular weight is 280 g/mol. The van der Waals surface area contributed by atoms with Gasteiger partial charge in [-0.05, 0) is 19.3 Å². The molecule has 0 aliphatic carbocycles. The van der Waals surface area contributed by atoms with E-state index >= 15 is 0 Å². The second-order valence-corrected chi connectivity index (χ2v) is 4.93. The standard InChI is InChI=1S/C13H20N4O3/c18-12(4-2-1-3-11-9-14-10-15-11)16-5-7-17(8-6-16)13(19)20/h9-10H,1-8H2,(H,14,15)(H,19,20). The summed E-state index contributed by atoms with van der Waals surface area (Å²) in [4.78, 5) is 32.8. The molecule has 1 fully saturated rings. The molecule has 0 unspecified atom stereocenters. The molecule has 110 valence electrons. The van der Waals surface area contributed by atoms with Gasteiger partial charge < -0.3 is 19.9 Å². The summed E-state index contributed by atoms with van der Waals surface area (Å²) in [7, 11) is 0. The number of aryl methyl sites for hydroxylation is 1. The number of amides is 2. The molecule has 0 atom stereocenters. The van der Waals surface area contributed by atoms with Crippen molar-refractivity contribution in [1.29, 1.82) is 0 Å². The number of nitrogens with one attached hydrogen (secondary N) is 1. The number of hydrogen-bond acceptors (Lipinski definition) is 3. The van der Waals surface area contributed by atoms with Gasteiger partial charge in [0, 0.05) is 44.5 Å². The Morgan fingerprint density at radius 2 is 1.90 bits per heavy atom. The second-order valence-electron chi connectivity index (χ2n) is 4.93. The number of imidazole rings is 1. The molecule has 2 amide bonds. The zero-order valence-electron chi connectivity index (χ0n) is 11.4. The van der Waals surface area contributed by atoms with E-state index in [0.29, 0.717) is 32.6 Å². The highest BCUT2D eigenvalue weighted by molar-refractivity contribution is 5.76. The predicted octanol–water partition coefficient (Wildman–Crippen LogP) is 0.945. The number of nitrogens with zero attached hydrogens (tertiary/aromatic N) is 3. The largest absolute Gasteiger partial charge is 0.465 e. The van der Waals surface area contributed by atoms with Crippen molar-refractivity contribution in [2.24, 2.45) is 0 Å². The van der Waals surface area contributed by atoms with Crippen molar-refractivity contribution in [3.05, 3.63) is 18.2 Å². The van der Waals surface area contributed by atoms with Gasteiger partial charge in [0.05, 0.1) is 6.33 Å². The fourth-order valence-corrected chi connectivity index (χ4v) is 2.32. The van der Waals surface area contributed by atoms with E-state index in [1.54, 1.807) is 17.4 Å². The van der Waals surface area contributed by atoms with E-state index in [-0.39, 0.29) is 5.91 Å². The van der Waals surface area contributed by atoms with Crippen molar-refractivity contribution < 1.29 is 14.7 Å². The number of aromatic nitrogens is 2. The number of aromatic amines is 1. The lowest BCUT2D eigenvalue weighted by Crippen LogP contribution is -2.50. The van der Waals surface area contributed by atoms with Crippen molar-refractivity contribution in [1.82, 2.24) is 19.8 Å². The SMILES string of the molecule is O=C(O)N1CCN(C(=O)CCCCc2cnc[nH]2)CC1. The van der Waals surface area contributed by atoms with Gasteiger partial charge in [-0.2, -0.15) is 0 Å². The molecule has 1 aromatic rings. The van der Waals surface area contributed by atoms with Gasteiger partial charge in [-0.3, -0.25) is 4.79 Å². The van der Waals surface area contributed by atoms with E-state index in [2.05, 4.69) is 9.97 Å². The molecular weight excluding hydrogens is 260 g/mol. The minimum absolute atomic E-state index is 0.125. The van der Waals surface area contributed by atoms with Crippen molar-refractivity contribution in [3.8, 4) is 0 Å². The minimum atomic E-state index is -0.906. The molecular formula is C13H20N4O3. The molecule has 0 aromatic carbocycles. The Morgan fingerprint density at radius 3 is 2.50 bits per heavy atom. The molecule has 0 radical (unpaired) electrons. The molecule has 7 heteroatoms. The molecule has 2 heterocycles. The molecule has 1 aromatic heterocycles. The van der Waals surface area contributed by atoms with Crippen LogP contribution in [0.5, 0.6) is 0 Å². The molecule has 0 spiro atoms. The van der Waals surface area contributed by atoms with Crippen molar-refractivity contribution in [2.75, 3.05) is 26.2 Å². The Morgan fingerprint density at radius 1 is 1.20 bits per heavy atom. The molecule has 1 aliphatic heterocycles. The van der Waals surface area contributed by atoms with Crippen LogP contribution in [-0.4, -0.2) is 63.1 Å². The van der Waals surface area contributed by atoms with E-state index in [1.165, 1.54) is 4.90 Å². The third kappa shape index (κ3) is 3.97. The fraction of sp³-hybridized carbons (Fsp3) is 0.615. The van der Waals surface area contributed by atoms with Crippen LogP contribution in [0.1, 0.15) is 25.0 Å². The monoisotopic (exact) mass is 280 g/mol. The van der Waals surface area contributed by atoms with E-state index in [4.69, 9.17) is 5.11 Å². The van der Waals surface area contributed by atoms with Gasteiger partial charge in [0.1, 0.15) is 0 Å². The van der Waals surface area contributed by atoms with Crippen LogP contribution < -0.4 is 0 Å². The zero-order chi connectivity index (χ0) is 14.4. The number of H-pyrrole nitrogens is 1. The molecule has 0 bridgehead atoms. The van der Waals surface area contributed by atoms with Crippen molar-refractivity contribution in [3.63, 3.8) is 0 Å². The highest BCUT2D eigenvalue weighted by Crippen LogP contribution is 2.08. The van der Waals surface area contributed by atoms with Crippen LogP contribution >= 0.6 is 0 Å². The summed E-state index contributed by atoms with van der Waals surface area (Å²) in [5.74, 6) is 0.125. The fourth-order valence-electron chi connectivity index (χ4n) is 2.32. The lowest BCUT2D eigenvalue weighted by Gasteiger charge is -2.33. The van der Waals surface area contributed by atoms with Crippen molar-refractivity contribution in [2.45, 2.75) is 25.7 Å². The van der Waals surface area contributed by atoms with E-state index < -0.39 is 6.09 Å². The number of hydrogen-bond donors (Lipinski definition) is 2. The molecule has 1 aliphatic rings. The van der Waals surface area contributed by atoms with Crippen LogP contribution in [0.15, 0.2) is 12.5 Å². The number of carbonyl (C=O) groups is 2. The minimum Gasteiger partial charge on any atom is -0.465 e. The lowest BCUT2D eigenvalue weighted by molar-refractivity contribution is -0.132. The Labute approximate surface area is 117 Å². The number of carboxylic acid groups (broad SMARTS) is 1. The van der Waals surface area contributed by atoms with E-state index in [1.807, 2.05) is 0 Å². The number of rotatable bonds is 5. The topological polar surface area (TPSA) is 89.5 Å². The second kappa shape index (κ2) is 6.93. The third-order valence-corrected chi connectivity index (χ3v) is 3.54. The highest BCUT2D eigenvalue weighted by atomic mass is 16.4. The maximum absolute atomic E-state index is 12.0. The van der Waals surface area contributed by atoms with Gasteiger partial charge in [0.25, 0.3) is 0 Å². The van der Waals surface area contributed by atoms with E-state index in [0.717, 1.165) is 25.0 Å². The summed E-state index contributed by atoms with van der Waals surface area (Å²) in [6, 6.07) is 0. The maximum Gasteiger partial charge on any atom is 0.407 e. The van der Waals surface area contributed by atoms with E-state index in [9.17, 15) is 9.59 Å². The number of unbranched alkanes of at least 4 members (excludes halogenated alkanes) is 1. The van der Waals surface area contributed by atoms with Gasteiger partial charge >= 0.3 is 6.09 Å². The van der Waals surface area contributed by atoms with Gasteiger partial charge in [-0.15, -0.1) is 0 Å². The Kier molecular flexibility index (Phi) is 4.97. The third-order valence-electron chi connectivity index (χ3n) is 3.54. The molecule has 2 N–H and O–H groups in total. The van der Waals surface area contributed by atoms with Gasteiger partial charge in [-0.25, -0.2) is 9.78 Å². The summed E-state index contributed by atoms with van der Waals surface area (Å²) in [6.45, 7) is 1.84. The molecule has 1 saturated heterocycles. The lowest BCUT2D eigenvalue weighted by atomic mass is 10.1. The molecule has 2 rings (SSSR count). The number of carbonyl (C=O) groups excluding carboxylic acids is 1. The number of piperazine rings is 1. The first-order chi connectivity index (χ1) is 9.66. The van der Waals surface area contributed by atoms with Crippen LogP contribution in [0, 0.1) is 0 Å². The smallest absolute Gasteiger partial charge is 0.407 e. The predicted molar refractivity (Wildman–Crippen MR) is 72.3 cm³/mol.